The molecule has 0 aliphatic carbocycles. The van der Waals surface area contributed by atoms with Crippen LogP contribution in [0.2, 0.25) is 0 Å². The Balaban J connectivity index is 1.34. The summed E-state index contributed by atoms with van der Waals surface area (Å²) in [5.74, 6) is 1.26. The third-order valence-electron chi connectivity index (χ3n) is 6.82. The first-order valence-corrected chi connectivity index (χ1v) is 12.0. The van der Waals surface area contributed by atoms with Gasteiger partial charge in [0.15, 0.2) is 29.1 Å². The highest BCUT2D eigenvalue weighted by molar-refractivity contribution is 6.53. The van der Waals surface area contributed by atoms with Crippen molar-refractivity contribution >= 4 is 42.9 Å². The Hall–Kier alpha value is -3.14. The van der Waals surface area contributed by atoms with E-state index in [1.165, 1.54) is 29.8 Å². The van der Waals surface area contributed by atoms with Crippen LogP contribution in [0.5, 0.6) is 17.2 Å². The Morgan fingerprint density at radius 3 is 2.50 bits per heavy atom. The first kappa shape index (κ1) is 26.5. The van der Waals surface area contributed by atoms with Crippen LogP contribution in [0.4, 0.5) is 10.2 Å². The average molecular weight is 510 g/mol. The number of nitrogens with zero attached hydrogens (tertiary/aromatic N) is 4. The molecule has 38 heavy (non-hydrogen) atoms. The molecule has 2 aliphatic rings. The number of aromatic nitrogens is 3. The van der Waals surface area contributed by atoms with Crippen LogP contribution in [0.3, 0.4) is 0 Å². The molecule has 4 heterocycles. The molecule has 9 nitrogen and oxygen atoms in total. The van der Waals surface area contributed by atoms with Crippen molar-refractivity contribution in [1.82, 2.24) is 14.6 Å². The van der Waals surface area contributed by atoms with Crippen molar-refractivity contribution in [2.75, 3.05) is 25.1 Å². The molecule has 0 saturated carbocycles. The van der Waals surface area contributed by atoms with Crippen LogP contribution in [-0.2, 0) is 11.3 Å². The smallest absolute Gasteiger partial charge is 0.274 e. The van der Waals surface area contributed by atoms with Crippen molar-refractivity contribution in [2.45, 2.75) is 50.0 Å². The second kappa shape index (κ2) is 9.55. The molecular weight excluding hydrogens is 487 g/mol. The zero-order valence-corrected chi connectivity index (χ0v) is 21.3. The van der Waals surface area contributed by atoms with Crippen molar-refractivity contribution in [3.63, 3.8) is 0 Å². The van der Waals surface area contributed by atoms with Gasteiger partial charge in [0.25, 0.3) is 5.56 Å². The first-order valence-electron chi connectivity index (χ1n) is 12.0. The van der Waals surface area contributed by atoms with Gasteiger partial charge in [-0.05, 0) is 26.0 Å². The van der Waals surface area contributed by atoms with Gasteiger partial charge in [0, 0.05) is 54.1 Å². The van der Waals surface area contributed by atoms with Crippen molar-refractivity contribution in [1.29, 1.82) is 0 Å². The van der Waals surface area contributed by atoms with E-state index in [-0.39, 0.29) is 30.2 Å². The lowest BCUT2D eigenvalue weighted by Crippen LogP contribution is -2.65. The molecule has 0 bridgehead atoms. The summed E-state index contributed by atoms with van der Waals surface area (Å²) in [6, 6.07) is 6.00. The van der Waals surface area contributed by atoms with E-state index in [0.29, 0.717) is 35.9 Å². The monoisotopic (exact) mass is 510 g/mol. The number of hydrogen-bond donors (Lipinski definition) is 0. The summed E-state index contributed by atoms with van der Waals surface area (Å²) in [5, 5.41) is 0.589. The molecule has 3 aromatic rings. The number of ether oxygens (including phenoxy) is 4. The second-order valence-electron chi connectivity index (χ2n) is 9.63. The second-order valence-corrected chi connectivity index (χ2v) is 9.63. The van der Waals surface area contributed by atoms with Gasteiger partial charge < -0.3 is 23.8 Å². The third kappa shape index (κ3) is 4.63. The number of hydrogen-bond acceptors (Lipinski definition) is 8. The fraction of sp³-hybridized carbons (Fsp3) is 0.458. The van der Waals surface area contributed by atoms with Gasteiger partial charge in [-0.3, -0.25) is 4.79 Å². The minimum atomic E-state index is -1.99. The van der Waals surface area contributed by atoms with E-state index in [4.69, 9.17) is 50.3 Å². The van der Waals surface area contributed by atoms with Crippen LogP contribution >= 0.6 is 0 Å². The lowest BCUT2D eigenvalue weighted by Gasteiger charge is -2.48. The van der Waals surface area contributed by atoms with Gasteiger partial charge in [-0.2, -0.15) is 4.52 Å². The summed E-state index contributed by atoms with van der Waals surface area (Å²) >= 11 is 0. The number of alkyl halides is 1. The molecule has 2 aromatic heterocycles. The maximum atomic E-state index is 15.4. The molecule has 0 unspecified atom stereocenters. The van der Waals surface area contributed by atoms with Gasteiger partial charge in [-0.25, -0.2) is 9.37 Å². The third-order valence-corrected chi connectivity index (χ3v) is 6.82. The zero-order chi connectivity index (χ0) is 27.4. The van der Waals surface area contributed by atoms with Crippen LogP contribution in [0, 0.1) is 13.8 Å². The Bertz CT molecular complexity index is 1450. The number of anilines is 1. The molecule has 0 N–H and O–H groups in total. The minimum absolute atomic E-state index is 0.0233. The highest BCUT2D eigenvalue weighted by Gasteiger charge is 2.43. The van der Waals surface area contributed by atoms with Gasteiger partial charge >= 0.3 is 0 Å². The summed E-state index contributed by atoms with van der Waals surface area (Å²) in [4.78, 5) is 19.0. The standard InChI is InChI=1S/C24H23B4FN4O5/c1-12-13(2)22(31-33-20(34)8-14(11-35-3)30-21(12)33)32-7-6-17(16(29)10-32)36-15-4-5-18-19(9-15)38-24(27,28)23(25,26)37-18/h4-5,8-9,16-17H,6-7,10-11H2,1-3H3/t16-,17+/m0/s1. The van der Waals surface area contributed by atoms with Crippen LogP contribution in [-0.4, -0.2) is 89.3 Å². The number of aryl methyl sites for hydroxylation is 1. The van der Waals surface area contributed by atoms with Crippen LogP contribution in [0.1, 0.15) is 23.2 Å². The SMILES string of the molecule is [B]C1([B])Oc2ccc(O[C@@H]3CCN(c4nn5c(=O)cc(COC)nc5c(C)c4C)C[C@@H]3F)cc2OC1([B])[B]. The molecule has 1 aromatic carbocycles. The Kier molecular flexibility index (Phi) is 6.65. The molecule has 2 aliphatic heterocycles. The topological polar surface area (TPSA) is 87.4 Å². The number of piperidine rings is 1. The van der Waals surface area contributed by atoms with Gasteiger partial charge in [-0.1, -0.05) is 0 Å². The molecule has 1 fully saturated rings. The van der Waals surface area contributed by atoms with E-state index >= 15 is 4.39 Å². The summed E-state index contributed by atoms with van der Waals surface area (Å²) in [6.45, 7) is 4.43. The fourth-order valence-electron chi connectivity index (χ4n) is 4.52. The molecule has 8 radical (unpaired) electrons. The molecule has 5 rings (SSSR count). The van der Waals surface area contributed by atoms with Crippen molar-refractivity contribution in [3.8, 4) is 17.2 Å². The maximum Gasteiger partial charge on any atom is 0.274 e. The summed E-state index contributed by atoms with van der Waals surface area (Å²) in [5.41, 5.74) is 2.22. The normalized spacial score (nSPS) is 21.8. The Morgan fingerprint density at radius 1 is 1.11 bits per heavy atom. The lowest BCUT2D eigenvalue weighted by molar-refractivity contribution is 0.0587. The Labute approximate surface area is 224 Å². The number of fused-ring (bicyclic) bond motifs is 2. The molecule has 0 amide bonds. The van der Waals surface area contributed by atoms with E-state index < -0.39 is 23.1 Å². The fourth-order valence-corrected chi connectivity index (χ4v) is 4.52. The summed E-state index contributed by atoms with van der Waals surface area (Å²) < 4.78 is 38.6. The van der Waals surface area contributed by atoms with Gasteiger partial charge in [0.05, 0.1) is 18.8 Å². The average Bonchev–Trinajstić information content (AvgIpc) is 2.84. The van der Waals surface area contributed by atoms with Gasteiger partial charge in [0.2, 0.25) is 0 Å². The molecule has 1 saturated heterocycles. The quantitative estimate of drug-likeness (QED) is 0.462. The van der Waals surface area contributed by atoms with E-state index in [1.54, 1.807) is 6.07 Å². The first-order chi connectivity index (χ1) is 17.9. The van der Waals surface area contributed by atoms with Crippen LogP contribution in [0.25, 0.3) is 5.65 Å². The number of methoxy groups -OCH3 is 1. The number of rotatable bonds is 5. The number of halogens is 1. The highest BCUT2D eigenvalue weighted by atomic mass is 19.1. The largest absolute Gasteiger partial charge is 0.501 e. The highest BCUT2D eigenvalue weighted by Crippen LogP contribution is 2.41. The van der Waals surface area contributed by atoms with Crippen LogP contribution < -0.4 is 24.7 Å². The van der Waals surface area contributed by atoms with Crippen molar-refractivity contribution in [2.24, 2.45) is 0 Å². The van der Waals surface area contributed by atoms with Crippen molar-refractivity contribution in [3.05, 3.63) is 51.4 Å². The van der Waals surface area contributed by atoms with Gasteiger partial charge in [-0.15, -0.1) is 5.10 Å². The van der Waals surface area contributed by atoms with E-state index in [2.05, 4.69) is 10.1 Å². The van der Waals surface area contributed by atoms with Crippen LogP contribution in [0.15, 0.2) is 29.1 Å². The molecule has 14 heteroatoms. The van der Waals surface area contributed by atoms with Crippen molar-refractivity contribution < 1.29 is 23.3 Å². The Morgan fingerprint density at radius 2 is 1.82 bits per heavy atom. The molecule has 2 atom stereocenters. The predicted octanol–water partition coefficient (Wildman–Crippen LogP) is 0.601. The van der Waals surface area contributed by atoms with E-state index in [1.807, 2.05) is 18.7 Å². The van der Waals surface area contributed by atoms with Gasteiger partial charge in [0.1, 0.15) is 43.2 Å². The summed E-state index contributed by atoms with van der Waals surface area (Å²) in [7, 11) is 24.7. The lowest BCUT2D eigenvalue weighted by atomic mass is 9.41. The molecule has 0 spiro atoms. The van der Waals surface area contributed by atoms with E-state index in [9.17, 15) is 4.79 Å². The molecule has 188 valence electrons. The maximum absolute atomic E-state index is 15.4. The summed E-state index contributed by atoms with van der Waals surface area (Å²) in [6.07, 6.45) is -1.72. The predicted molar refractivity (Wildman–Crippen MR) is 142 cm³/mol. The zero-order valence-electron chi connectivity index (χ0n) is 21.3. The van der Waals surface area contributed by atoms with E-state index in [0.717, 1.165) is 11.1 Å². The molecular formula is C24H23B4FN4O5. The number of benzene rings is 1. The minimum Gasteiger partial charge on any atom is -0.501 e.